The Morgan fingerprint density at radius 2 is 1.69 bits per heavy atom. The highest BCUT2D eigenvalue weighted by molar-refractivity contribution is 6.03. The average Bonchev–Trinajstić information content (AvgIpc) is 2.83. The molecule has 1 saturated carbocycles. The van der Waals surface area contributed by atoms with Gasteiger partial charge in [-0.3, -0.25) is 9.78 Å². The molecule has 206 valence electrons. The number of anilines is 1. The summed E-state index contributed by atoms with van der Waals surface area (Å²) in [5.41, 5.74) is -0.817. The van der Waals surface area contributed by atoms with Crippen molar-refractivity contribution in [1.82, 2.24) is 15.3 Å². The van der Waals surface area contributed by atoms with Crippen LogP contribution < -0.4 is 10.6 Å². The van der Waals surface area contributed by atoms with Crippen molar-refractivity contribution < 1.29 is 27.5 Å². The van der Waals surface area contributed by atoms with E-state index in [0.29, 0.717) is 12.1 Å². The summed E-state index contributed by atoms with van der Waals surface area (Å²) in [4.78, 5) is 33.6. The lowest BCUT2D eigenvalue weighted by molar-refractivity contribution is 0.0482. The molecule has 4 rings (SSSR count). The zero-order chi connectivity index (χ0) is 28.3. The van der Waals surface area contributed by atoms with Crippen molar-refractivity contribution in [2.45, 2.75) is 64.5 Å². The highest BCUT2D eigenvalue weighted by Gasteiger charge is 2.31. The Morgan fingerprint density at radius 3 is 2.38 bits per heavy atom. The number of hydrogen-bond donors (Lipinski definition) is 2. The number of carbonyl (C=O) groups excluding carboxylic acids is 2. The molecule has 0 saturated heterocycles. The largest absolute Gasteiger partial charge is 0.444 e. The van der Waals surface area contributed by atoms with Gasteiger partial charge in [0.05, 0.1) is 17.4 Å². The van der Waals surface area contributed by atoms with Crippen LogP contribution in [-0.2, 0) is 4.74 Å². The van der Waals surface area contributed by atoms with Gasteiger partial charge in [-0.2, -0.15) is 0 Å². The minimum Gasteiger partial charge on any atom is -0.444 e. The van der Waals surface area contributed by atoms with E-state index < -0.39 is 46.3 Å². The summed E-state index contributed by atoms with van der Waals surface area (Å²) in [5.74, 6) is -3.34. The van der Waals surface area contributed by atoms with Crippen molar-refractivity contribution >= 4 is 17.7 Å². The van der Waals surface area contributed by atoms with Gasteiger partial charge in [-0.1, -0.05) is 13.0 Å². The van der Waals surface area contributed by atoms with Crippen molar-refractivity contribution in [3.05, 3.63) is 77.5 Å². The number of benzene rings is 1. The highest BCUT2D eigenvalue weighted by atomic mass is 19.1. The van der Waals surface area contributed by atoms with Crippen LogP contribution in [0.3, 0.4) is 0 Å². The van der Waals surface area contributed by atoms with Crippen LogP contribution in [0.4, 0.5) is 23.7 Å². The third-order valence-corrected chi connectivity index (χ3v) is 6.48. The molecule has 0 unspecified atom stereocenters. The van der Waals surface area contributed by atoms with Crippen LogP contribution in [0.5, 0.6) is 0 Å². The Kier molecular flexibility index (Phi) is 8.22. The molecule has 0 radical (unpaired) electrons. The van der Waals surface area contributed by atoms with Gasteiger partial charge in [0.15, 0.2) is 0 Å². The Hall–Kier alpha value is -3.95. The van der Waals surface area contributed by atoms with Crippen molar-refractivity contribution in [3.8, 4) is 11.3 Å². The molecule has 7 nitrogen and oxygen atoms in total. The number of rotatable bonds is 5. The van der Waals surface area contributed by atoms with Gasteiger partial charge in [-0.25, -0.2) is 22.9 Å². The average molecular weight is 541 g/mol. The van der Waals surface area contributed by atoms with E-state index >= 15 is 0 Å². The number of nitrogens with zero attached hydrogens (tertiary/aromatic N) is 2. The second-order valence-electron chi connectivity index (χ2n) is 10.9. The summed E-state index contributed by atoms with van der Waals surface area (Å²) < 4.78 is 48.5. The van der Waals surface area contributed by atoms with Crippen LogP contribution in [0.2, 0.25) is 0 Å². The zero-order valence-electron chi connectivity index (χ0n) is 22.2. The van der Waals surface area contributed by atoms with Crippen LogP contribution in [-0.4, -0.2) is 33.6 Å². The number of alkyl carbamates (subject to hydrolysis) is 1. The molecule has 2 N–H and O–H groups in total. The van der Waals surface area contributed by atoms with E-state index in [1.165, 1.54) is 6.20 Å². The summed E-state index contributed by atoms with van der Waals surface area (Å²) in [6, 6.07) is 6.92. The van der Waals surface area contributed by atoms with Crippen LogP contribution in [0.1, 0.15) is 68.9 Å². The maximum atomic E-state index is 14.5. The van der Waals surface area contributed by atoms with Gasteiger partial charge >= 0.3 is 6.09 Å². The van der Waals surface area contributed by atoms with Gasteiger partial charge < -0.3 is 15.4 Å². The summed E-state index contributed by atoms with van der Waals surface area (Å²) in [7, 11) is 0. The molecule has 2 aromatic heterocycles. The molecule has 2 heterocycles. The maximum absolute atomic E-state index is 14.5. The van der Waals surface area contributed by atoms with E-state index in [-0.39, 0.29) is 23.6 Å². The third kappa shape index (κ3) is 6.93. The standard InChI is InChI=1S/C29H31F3N4O3/c1-16-12-17(14-18(13-16)34-28(38)39-29(2,3)4)19-10-11-33-15-24(19)36-27(37)23-9-8-22(32)26(35-23)25-20(30)6-5-7-21(25)31/h5-11,15-18H,12-14H2,1-4H3,(H,34,38)(H,36,37)/t16-,17+,18-/m0/s1. The first kappa shape index (κ1) is 28.1. The van der Waals surface area contributed by atoms with Crippen molar-refractivity contribution in [1.29, 1.82) is 0 Å². The number of pyridine rings is 2. The normalized spacial score (nSPS) is 19.3. The summed E-state index contributed by atoms with van der Waals surface area (Å²) in [6.45, 7) is 7.50. The van der Waals surface area contributed by atoms with E-state index in [1.807, 2.05) is 0 Å². The van der Waals surface area contributed by atoms with Crippen LogP contribution in [0, 0.1) is 23.4 Å². The maximum Gasteiger partial charge on any atom is 0.407 e. The van der Waals surface area contributed by atoms with Crippen molar-refractivity contribution in [3.63, 3.8) is 0 Å². The lowest BCUT2D eigenvalue weighted by atomic mass is 9.76. The smallest absolute Gasteiger partial charge is 0.407 e. The third-order valence-electron chi connectivity index (χ3n) is 6.48. The molecule has 3 aromatic rings. The second-order valence-corrected chi connectivity index (χ2v) is 10.9. The Labute approximate surface area is 225 Å². The summed E-state index contributed by atoms with van der Waals surface area (Å²) in [6.07, 6.45) is 4.89. The first-order chi connectivity index (χ1) is 18.4. The predicted molar refractivity (Wildman–Crippen MR) is 141 cm³/mol. The second kappa shape index (κ2) is 11.4. The molecule has 3 atom stereocenters. The number of nitrogens with one attached hydrogen (secondary N) is 2. The van der Waals surface area contributed by atoms with Gasteiger partial charge in [0.25, 0.3) is 5.91 Å². The monoisotopic (exact) mass is 540 g/mol. The lowest BCUT2D eigenvalue weighted by Crippen LogP contribution is -2.42. The Morgan fingerprint density at radius 1 is 0.974 bits per heavy atom. The quantitative estimate of drug-likeness (QED) is 0.380. The topological polar surface area (TPSA) is 93.2 Å². The number of halogens is 3. The lowest BCUT2D eigenvalue weighted by Gasteiger charge is -2.35. The molecular formula is C29H31F3N4O3. The van der Waals surface area contributed by atoms with E-state index in [0.717, 1.165) is 48.7 Å². The van der Waals surface area contributed by atoms with E-state index in [4.69, 9.17) is 4.74 Å². The van der Waals surface area contributed by atoms with Gasteiger partial charge in [-0.05, 0) is 87.8 Å². The minimum absolute atomic E-state index is 0.00349. The number of ether oxygens (including phenoxy) is 1. The number of hydrogen-bond acceptors (Lipinski definition) is 5. The Bertz CT molecular complexity index is 1360. The minimum atomic E-state index is -0.991. The van der Waals surface area contributed by atoms with E-state index in [2.05, 4.69) is 27.5 Å². The first-order valence-corrected chi connectivity index (χ1v) is 12.8. The zero-order valence-corrected chi connectivity index (χ0v) is 22.2. The Balaban J connectivity index is 1.55. The van der Waals surface area contributed by atoms with Crippen molar-refractivity contribution in [2.75, 3.05) is 5.32 Å². The van der Waals surface area contributed by atoms with E-state index in [9.17, 15) is 22.8 Å². The molecule has 39 heavy (non-hydrogen) atoms. The molecule has 1 aromatic carbocycles. The van der Waals surface area contributed by atoms with Gasteiger partial charge in [0.2, 0.25) is 0 Å². The number of carbonyl (C=O) groups is 2. The molecular weight excluding hydrogens is 509 g/mol. The summed E-state index contributed by atoms with van der Waals surface area (Å²) >= 11 is 0. The molecule has 0 bridgehead atoms. The fourth-order valence-corrected chi connectivity index (χ4v) is 4.97. The van der Waals surface area contributed by atoms with Gasteiger partial charge in [-0.15, -0.1) is 0 Å². The van der Waals surface area contributed by atoms with E-state index in [1.54, 1.807) is 33.0 Å². The predicted octanol–water partition coefficient (Wildman–Crippen LogP) is 6.61. The van der Waals surface area contributed by atoms with Crippen LogP contribution in [0.15, 0.2) is 48.8 Å². The highest BCUT2D eigenvalue weighted by Crippen LogP contribution is 2.39. The molecule has 10 heteroatoms. The fourth-order valence-electron chi connectivity index (χ4n) is 4.97. The number of amides is 2. The molecule has 0 aliphatic heterocycles. The summed E-state index contributed by atoms with van der Waals surface area (Å²) in [5, 5.41) is 5.72. The molecule has 1 fully saturated rings. The van der Waals surface area contributed by atoms with Crippen LogP contribution >= 0.6 is 0 Å². The molecule has 1 aliphatic rings. The number of aromatic nitrogens is 2. The van der Waals surface area contributed by atoms with Gasteiger partial charge in [0.1, 0.15) is 34.4 Å². The van der Waals surface area contributed by atoms with Gasteiger partial charge in [0, 0.05) is 12.2 Å². The first-order valence-electron chi connectivity index (χ1n) is 12.8. The fraction of sp³-hybridized carbons (Fsp3) is 0.379. The van der Waals surface area contributed by atoms with Crippen molar-refractivity contribution in [2.24, 2.45) is 5.92 Å². The molecule has 0 spiro atoms. The molecule has 1 aliphatic carbocycles. The molecule has 2 amide bonds. The van der Waals surface area contributed by atoms with Crippen LogP contribution in [0.25, 0.3) is 11.3 Å². The SMILES string of the molecule is C[C@@H]1C[C@H](NC(=O)OC(C)(C)C)C[C@H](c2ccncc2NC(=O)c2ccc(F)c(-c3c(F)cccc3F)n2)C1.